The molecule has 0 bridgehead atoms. The summed E-state index contributed by atoms with van der Waals surface area (Å²) >= 11 is 5.45. The summed E-state index contributed by atoms with van der Waals surface area (Å²) in [5.41, 5.74) is 5.63. The lowest BCUT2D eigenvalue weighted by molar-refractivity contribution is 1.09. The summed E-state index contributed by atoms with van der Waals surface area (Å²) in [5.74, 6) is 0.889. The maximum Gasteiger partial charge on any atom is 0.133 e. The van der Waals surface area contributed by atoms with Crippen molar-refractivity contribution in [1.29, 1.82) is 0 Å². The molecule has 0 saturated carbocycles. The van der Waals surface area contributed by atoms with Crippen LogP contribution in [-0.4, -0.2) is 4.98 Å². The Bertz CT molecular complexity index is 925. The maximum atomic E-state index is 4.70. The lowest BCUT2D eigenvalue weighted by Gasteiger charge is -2.15. The Labute approximate surface area is 149 Å². The molecule has 0 aliphatic rings. The summed E-state index contributed by atoms with van der Waals surface area (Å²) in [7, 11) is 0. The molecule has 0 saturated heterocycles. The number of nitrogens with one attached hydrogen (secondary N) is 1. The van der Waals surface area contributed by atoms with Crippen molar-refractivity contribution >= 4 is 48.9 Å². The number of hydrogen-bond acceptors (Lipinski definition) is 3. The van der Waals surface area contributed by atoms with Crippen molar-refractivity contribution in [2.45, 2.75) is 27.7 Å². The van der Waals surface area contributed by atoms with E-state index >= 15 is 0 Å². The van der Waals surface area contributed by atoms with Crippen LogP contribution >= 0.6 is 27.3 Å². The molecule has 2 heterocycles. The zero-order valence-electron chi connectivity index (χ0n) is 13.7. The predicted molar refractivity (Wildman–Crippen MR) is 105 cm³/mol. The van der Waals surface area contributed by atoms with E-state index < -0.39 is 0 Å². The van der Waals surface area contributed by atoms with Gasteiger partial charge < -0.3 is 5.32 Å². The Morgan fingerprint density at radius 2 is 1.78 bits per heavy atom. The summed E-state index contributed by atoms with van der Waals surface area (Å²) < 4.78 is 2.34. The van der Waals surface area contributed by atoms with Crippen LogP contribution in [0.1, 0.15) is 27.3 Å². The normalized spacial score (nSPS) is 11.0. The number of rotatable bonds is 3. The third-order valence-corrected chi connectivity index (χ3v) is 6.70. The number of hydrogen-bond donors (Lipinski definition) is 1. The molecule has 0 radical (unpaired) electrons. The molecule has 0 amide bonds. The third-order valence-electron chi connectivity index (χ3n) is 4.38. The van der Waals surface area contributed by atoms with Gasteiger partial charge in [0.1, 0.15) is 5.82 Å². The van der Waals surface area contributed by atoms with Gasteiger partial charge in [-0.1, -0.05) is 24.8 Å². The Morgan fingerprint density at radius 1 is 1.09 bits per heavy atom. The van der Waals surface area contributed by atoms with Crippen LogP contribution < -0.4 is 5.32 Å². The number of fused-ring (bicyclic) bond motifs is 1. The molecule has 2 nitrogen and oxygen atoms in total. The van der Waals surface area contributed by atoms with Gasteiger partial charge in [0.15, 0.2) is 0 Å². The maximum absolute atomic E-state index is 4.70. The Hall–Kier alpha value is -1.65. The topological polar surface area (TPSA) is 24.9 Å². The van der Waals surface area contributed by atoms with Crippen molar-refractivity contribution in [2.75, 3.05) is 5.32 Å². The highest BCUT2D eigenvalue weighted by atomic mass is 79.9. The van der Waals surface area contributed by atoms with Crippen LogP contribution in [0.3, 0.4) is 0 Å². The molecule has 3 rings (SSSR count). The van der Waals surface area contributed by atoms with E-state index in [-0.39, 0.29) is 0 Å². The van der Waals surface area contributed by atoms with E-state index in [4.69, 9.17) is 4.98 Å². The first-order valence-electron chi connectivity index (χ1n) is 7.48. The lowest BCUT2D eigenvalue weighted by atomic mass is 10.0. The highest BCUT2D eigenvalue weighted by Crippen LogP contribution is 2.39. The molecule has 4 heteroatoms. The smallest absolute Gasteiger partial charge is 0.133 e. The predicted octanol–water partition coefficient (Wildman–Crippen LogP) is 6.38. The number of halogens is 1. The zero-order chi connectivity index (χ0) is 16.7. The fourth-order valence-corrected chi connectivity index (χ4v) is 4.57. The van der Waals surface area contributed by atoms with Crippen LogP contribution in [0, 0.1) is 27.7 Å². The standard InChI is InChI=1S/C19H19BrN2S/c1-10-11(2)13(4)21-19(12(10)3)22-14(5)18-17(20)15-8-6-7-9-16(15)23-18/h6-9H,5H2,1-4H3,(H,21,22). The van der Waals surface area contributed by atoms with E-state index in [1.807, 2.05) is 6.92 Å². The molecular formula is C19H19BrN2S. The van der Waals surface area contributed by atoms with Crippen LogP contribution in [-0.2, 0) is 0 Å². The molecule has 0 atom stereocenters. The quantitative estimate of drug-likeness (QED) is 0.564. The number of benzene rings is 1. The molecular weight excluding hydrogens is 368 g/mol. The Morgan fingerprint density at radius 3 is 2.48 bits per heavy atom. The average molecular weight is 387 g/mol. The number of aromatic nitrogens is 1. The van der Waals surface area contributed by atoms with Gasteiger partial charge in [-0.3, -0.25) is 0 Å². The van der Waals surface area contributed by atoms with Crippen LogP contribution in [0.25, 0.3) is 15.8 Å². The van der Waals surface area contributed by atoms with Crippen molar-refractivity contribution < 1.29 is 0 Å². The first kappa shape index (κ1) is 16.2. The zero-order valence-corrected chi connectivity index (χ0v) is 16.2. The third kappa shape index (κ3) is 2.81. The van der Waals surface area contributed by atoms with Crippen molar-refractivity contribution in [3.05, 3.63) is 62.6 Å². The Kier molecular flexibility index (Phi) is 4.30. The molecule has 3 aromatic rings. The van der Waals surface area contributed by atoms with Crippen LogP contribution in [0.5, 0.6) is 0 Å². The molecule has 1 N–H and O–H groups in total. The highest BCUT2D eigenvalue weighted by Gasteiger charge is 2.15. The van der Waals surface area contributed by atoms with Crippen molar-refractivity contribution in [2.24, 2.45) is 0 Å². The number of anilines is 1. The fourth-order valence-electron chi connectivity index (χ4n) is 2.60. The summed E-state index contributed by atoms with van der Waals surface area (Å²) in [5, 5.41) is 4.63. The van der Waals surface area contributed by atoms with E-state index in [9.17, 15) is 0 Å². The molecule has 0 aliphatic carbocycles. The van der Waals surface area contributed by atoms with E-state index in [0.29, 0.717) is 0 Å². The van der Waals surface area contributed by atoms with Gasteiger partial charge in [0, 0.05) is 20.3 Å². The number of pyridine rings is 1. The van der Waals surface area contributed by atoms with E-state index in [1.165, 1.54) is 26.8 Å². The van der Waals surface area contributed by atoms with Crippen LogP contribution in [0.4, 0.5) is 5.82 Å². The summed E-state index contributed by atoms with van der Waals surface area (Å²) in [6.45, 7) is 12.6. The molecule has 23 heavy (non-hydrogen) atoms. The first-order valence-corrected chi connectivity index (χ1v) is 9.08. The van der Waals surface area contributed by atoms with Gasteiger partial charge in [-0.15, -0.1) is 11.3 Å². The van der Waals surface area contributed by atoms with Gasteiger partial charge in [0.05, 0.1) is 10.6 Å². The monoisotopic (exact) mass is 386 g/mol. The van der Waals surface area contributed by atoms with Crippen molar-refractivity contribution in [3.8, 4) is 0 Å². The van der Waals surface area contributed by atoms with Gasteiger partial charge in [0.2, 0.25) is 0 Å². The minimum Gasteiger partial charge on any atom is -0.339 e. The van der Waals surface area contributed by atoms with Crippen LogP contribution in [0.2, 0.25) is 0 Å². The number of thiophene rings is 1. The molecule has 2 aromatic heterocycles. The van der Waals surface area contributed by atoms with Gasteiger partial charge in [-0.05, 0) is 66.4 Å². The first-order chi connectivity index (χ1) is 10.9. The Balaban J connectivity index is 2.00. The summed E-state index contributed by atoms with van der Waals surface area (Å²) in [6.07, 6.45) is 0. The molecule has 1 aromatic carbocycles. The summed E-state index contributed by atoms with van der Waals surface area (Å²) in [6, 6.07) is 8.36. The molecule has 0 aliphatic heterocycles. The van der Waals surface area contributed by atoms with Gasteiger partial charge in [0.25, 0.3) is 0 Å². The van der Waals surface area contributed by atoms with Gasteiger partial charge in [-0.2, -0.15) is 0 Å². The van der Waals surface area contributed by atoms with Crippen molar-refractivity contribution in [1.82, 2.24) is 4.98 Å². The molecule has 118 valence electrons. The van der Waals surface area contributed by atoms with E-state index in [1.54, 1.807) is 11.3 Å². The average Bonchev–Trinajstić information content (AvgIpc) is 2.88. The minimum atomic E-state index is 0.872. The number of nitrogens with zero attached hydrogens (tertiary/aromatic N) is 1. The van der Waals surface area contributed by atoms with Crippen LogP contribution in [0.15, 0.2) is 35.3 Å². The second-order valence-corrected chi connectivity index (χ2v) is 7.61. The lowest BCUT2D eigenvalue weighted by Crippen LogP contribution is -2.05. The minimum absolute atomic E-state index is 0.872. The molecule has 0 spiro atoms. The molecule has 0 fully saturated rings. The molecule has 0 unspecified atom stereocenters. The van der Waals surface area contributed by atoms with Gasteiger partial charge >= 0.3 is 0 Å². The fraction of sp³-hybridized carbons (Fsp3) is 0.211. The summed E-state index contributed by atoms with van der Waals surface area (Å²) in [4.78, 5) is 5.81. The second kappa shape index (κ2) is 6.10. The van der Waals surface area contributed by atoms with Crippen molar-refractivity contribution in [3.63, 3.8) is 0 Å². The van der Waals surface area contributed by atoms with Gasteiger partial charge in [-0.25, -0.2) is 4.98 Å². The number of aryl methyl sites for hydroxylation is 1. The van der Waals surface area contributed by atoms with E-state index in [2.05, 4.69) is 72.9 Å². The highest BCUT2D eigenvalue weighted by molar-refractivity contribution is 9.10. The SMILES string of the molecule is C=C(Nc1nc(C)c(C)c(C)c1C)c1sc2ccccc2c1Br. The largest absolute Gasteiger partial charge is 0.339 e. The second-order valence-electron chi connectivity index (χ2n) is 5.77. The van der Waals surface area contributed by atoms with E-state index in [0.717, 1.165) is 26.6 Å².